The van der Waals surface area contributed by atoms with Crippen LogP contribution < -0.4 is 17.0 Å². The van der Waals surface area contributed by atoms with E-state index in [9.17, 15) is 4.79 Å². The van der Waals surface area contributed by atoms with Crippen molar-refractivity contribution in [2.75, 3.05) is 7.11 Å². The van der Waals surface area contributed by atoms with Crippen LogP contribution in [0.2, 0.25) is 0 Å². The highest BCUT2D eigenvalue weighted by molar-refractivity contribution is 5.86. The van der Waals surface area contributed by atoms with Gasteiger partial charge in [0.25, 0.3) is 0 Å². The number of esters is 1. The summed E-state index contributed by atoms with van der Waals surface area (Å²) in [5.41, 5.74) is 2.20. The zero-order valence-corrected chi connectivity index (χ0v) is 12.0. The normalized spacial score (nSPS) is 10.1. The summed E-state index contributed by atoms with van der Waals surface area (Å²) >= 11 is 0. The zero-order chi connectivity index (χ0) is 13.5. The van der Waals surface area contributed by atoms with Crippen LogP contribution in [0.15, 0.2) is 60.9 Å². The van der Waals surface area contributed by atoms with Gasteiger partial charge in [-0.05, 0) is 12.1 Å². The first-order valence-corrected chi connectivity index (χ1v) is 6.07. The van der Waals surface area contributed by atoms with Gasteiger partial charge in [0, 0.05) is 23.3 Å². The van der Waals surface area contributed by atoms with E-state index in [2.05, 4.69) is 21.4 Å². The Morgan fingerprint density at radius 1 is 1.20 bits per heavy atom. The van der Waals surface area contributed by atoms with Crippen molar-refractivity contribution in [2.24, 2.45) is 0 Å². The number of aromatic nitrogens is 1. The van der Waals surface area contributed by atoms with Crippen LogP contribution in [0.1, 0.15) is 11.1 Å². The van der Waals surface area contributed by atoms with Crippen molar-refractivity contribution in [2.45, 2.75) is 6.54 Å². The van der Waals surface area contributed by atoms with Crippen LogP contribution in [-0.2, 0) is 16.1 Å². The predicted molar refractivity (Wildman–Crippen MR) is 73.2 cm³/mol. The van der Waals surface area contributed by atoms with Crippen LogP contribution in [0.5, 0.6) is 0 Å². The van der Waals surface area contributed by atoms with Gasteiger partial charge in [0.05, 0.1) is 7.11 Å². The third kappa shape index (κ3) is 4.86. The molecule has 0 bridgehead atoms. The van der Waals surface area contributed by atoms with Crippen molar-refractivity contribution in [1.29, 1.82) is 0 Å². The number of hydrogen-bond donors (Lipinski definition) is 0. The molecule has 0 aliphatic carbocycles. The fraction of sp³-hybridized carbons (Fsp3) is 0.125. The van der Waals surface area contributed by atoms with Crippen molar-refractivity contribution >= 4 is 12.0 Å². The van der Waals surface area contributed by atoms with E-state index in [1.165, 1.54) is 18.7 Å². The van der Waals surface area contributed by atoms with Crippen molar-refractivity contribution < 1.29 is 26.5 Å². The van der Waals surface area contributed by atoms with Crippen LogP contribution in [0.25, 0.3) is 6.08 Å². The Hall–Kier alpha value is -2.13. The monoisotopic (exact) mass is 289 g/mol. The molecule has 104 valence electrons. The molecule has 0 aliphatic rings. The summed E-state index contributed by atoms with van der Waals surface area (Å²) in [7, 11) is 1.37. The molecular weight excluding hydrogens is 274 g/mol. The van der Waals surface area contributed by atoms with E-state index in [0.717, 1.165) is 12.1 Å². The number of benzene rings is 1. The van der Waals surface area contributed by atoms with Gasteiger partial charge < -0.3 is 17.1 Å². The van der Waals surface area contributed by atoms with Gasteiger partial charge in [-0.3, -0.25) is 0 Å². The van der Waals surface area contributed by atoms with Crippen molar-refractivity contribution in [1.82, 2.24) is 0 Å². The van der Waals surface area contributed by atoms with E-state index in [4.69, 9.17) is 0 Å². The maximum Gasteiger partial charge on any atom is 0.330 e. The Morgan fingerprint density at radius 3 is 2.65 bits per heavy atom. The lowest BCUT2D eigenvalue weighted by Gasteiger charge is -1.98. The Labute approximate surface area is 124 Å². The van der Waals surface area contributed by atoms with Gasteiger partial charge in [-0.15, -0.1) is 0 Å². The maximum atomic E-state index is 11.0. The van der Waals surface area contributed by atoms with Crippen LogP contribution in [0.4, 0.5) is 0 Å². The first-order valence-electron chi connectivity index (χ1n) is 6.07. The minimum Gasteiger partial charge on any atom is -1.00 e. The average molecular weight is 290 g/mol. The molecule has 20 heavy (non-hydrogen) atoms. The highest BCUT2D eigenvalue weighted by Crippen LogP contribution is 2.01. The van der Waals surface area contributed by atoms with E-state index in [1.54, 1.807) is 6.08 Å². The molecule has 1 heterocycles. The summed E-state index contributed by atoms with van der Waals surface area (Å²) in [5.74, 6) is -0.349. The zero-order valence-electron chi connectivity index (χ0n) is 11.2. The van der Waals surface area contributed by atoms with Crippen LogP contribution in [0.3, 0.4) is 0 Å². The van der Waals surface area contributed by atoms with E-state index in [-0.39, 0.29) is 18.4 Å². The highest BCUT2D eigenvalue weighted by atomic mass is 35.5. The van der Waals surface area contributed by atoms with Crippen molar-refractivity contribution in [3.63, 3.8) is 0 Å². The fourth-order valence-electron chi connectivity index (χ4n) is 1.77. The van der Waals surface area contributed by atoms with Crippen molar-refractivity contribution in [3.05, 3.63) is 72.1 Å². The molecule has 2 aromatic rings. The maximum absolute atomic E-state index is 11.0. The first kappa shape index (κ1) is 15.9. The summed E-state index contributed by atoms with van der Waals surface area (Å²) in [6.07, 6.45) is 7.16. The van der Waals surface area contributed by atoms with Gasteiger partial charge in [-0.1, -0.05) is 30.3 Å². The van der Waals surface area contributed by atoms with Gasteiger partial charge in [0.1, 0.15) is 0 Å². The third-order valence-electron chi connectivity index (χ3n) is 2.70. The van der Waals surface area contributed by atoms with Crippen LogP contribution >= 0.6 is 0 Å². The van der Waals surface area contributed by atoms with Crippen molar-refractivity contribution in [3.8, 4) is 0 Å². The number of rotatable bonds is 4. The largest absolute Gasteiger partial charge is 1.00 e. The second kappa shape index (κ2) is 8.12. The van der Waals surface area contributed by atoms with E-state index >= 15 is 0 Å². The number of nitrogens with zero attached hydrogens (tertiary/aromatic N) is 1. The quantitative estimate of drug-likeness (QED) is 0.420. The minimum absolute atomic E-state index is 0. The summed E-state index contributed by atoms with van der Waals surface area (Å²) in [5, 5.41) is 0. The molecule has 0 spiro atoms. The van der Waals surface area contributed by atoms with Gasteiger partial charge >= 0.3 is 5.97 Å². The van der Waals surface area contributed by atoms with E-state index in [1.807, 2.05) is 42.7 Å². The molecule has 0 amide bonds. The minimum atomic E-state index is -0.349. The van der Waals surface area contributed by atoms with Crippen LogP contribution in [0, 0.1) is 0 Å². The molecule has 0 fully saturated rings. The van der Waals surface area contributed by atoms with Gasteiger partial charge in [-0.2, -0.15) is 0 Å². The standard InChI is InChI=1S/C16H16NO2.ClH/c1-19-16(18)10-9-15-8-5-11-17(13-15)12-14-6-3-2-4-7-14;/h2-11,13H,12H2,1H3;1H/q+1;/p-1/b10-9+;. The second-order valence-electron chi connectivity index (χ2n) is 4.15. The predicted octanol–water partition coefficient (Wildman–Crippen LogP) is -0.787. The molecular formula is C16H16ClNO2. The van der Waals surface area contributed by atoms with E-state index in [0.29, 0.717) is 0 Å². The Morgan fingerprint density at radius 2 is 1.95 bits per heavy atom. The summed E-state index contributed by atoms with van der Waals surface area (Å²) in [6.45, 7) is 0.806. The summed E-state index contributed by atoms with van der Waals surface area (Å²) in [4.78, 5) is 11.0. The Kier molecular flexibility index (Phi) is 6.47. The number of methoxy groups -OCH3 is 1. The lowest BCUT2D eigenvalue weighted by atomic mass is 10.2. The average Bonchev–Trinajstić information content (AvgIpc) is 2.46. The number of carbonyl (C=O) groups is 1. The molecule has 0 saturated carbocycles. The highest BCUT2D eigenvalue weighted by Gasteiger charge is 2.02. The molecule has 0 radical (unpaired) electrons. The lowest BCUT2D eigenvalue weighted by Crippen LogP contribution is -3.00. The Balaban J connectivity index is 0.00000200. The van der Waals surface area contributed by atoms with Gasteiger partial charge in [0.15, 0.2) is 18.9 Å². The Bertz CT molecular complexity index is 582. The number of ether oxygens (including phenoxy) is 1. The number of hydrogen-bond acceptors (Lipinski definition) is 2. The second-order valence-corrected chi connectivity index (χ2v) is 4.15. The molecule has 4 heteroatoms. The van der Waals surface area contributed by atoms with Crippen LogP contribution in [-0.4, -0.2) is 13.1 Å². The fourth-order valence-corrected chi connectivity index (χ4v) is 1.77. The summed E-state index contributed by atoms with van der Waals surface area (Å²) in [6, 6.07) is 14.1. The molecule has 0 unspecified atom stereocenters. The molecule has 3 nitrogen and oxygen atoms in total. The topological polar surface area (TPSA) is 30.2 Å². The SMILES string of the molecule is COC(=O)/C=C/c1ccc[n+](Cc2ccccc2)c1.[Cl-]. The van der Waals surface area contributed by atoms with Gasteiger partial charge in [0.2, 0.25) is 0 Å². The summed E-state index contributed by atoms with van der Waals surface area (Å²) < 4.78 is 6.64. The number of carbonyl (C=O) groups excluding carboxylic acids is 1. The molecule has 1 aromatic heterocycles. The molecule has 1 aromatic carbocycles. The number of halogens is 1. The first-order chi connectivity index (χ1) is 9.28. The molecule has 0 saturated heterocycles. The molecule has 2 rings (SSSR count). The van der Waals surface area contributed by atoms with Gasteiger partial charge in [-0.25, -0.2) is 9.36 Å². The lowest BCUT2D eigenvalue weighted by molar-refractivity contribution is -0.688. The molecule has 0 aliphatic heterocycles. The molecule has 0 atom stereocenters. The molecule has 0 N–H and O–H groups in total. The van der Waals surface area contributed by atoms with E-state index < -0.39 is 0 Å². The smallest absolute Gasteiger partial charge is 0.330 e. The number of pyridine rings is 1. The third-order valence-corrected chi connectivity index (χ3v) is 2.70.